The van der Waals surface area contributed by atoms with E-state index in [2.05, 4.69) is 34.6 Å². The number of pyridine rings is 1. The second-order valence-electron chi connectivity index (χ2n) is 5.44. The fourth-order valence-corrected chi connectivity index (χ4v) is 3.29. The number of fused-ring (bicyclic) bond motifs is 1. The van der Waals surface area contributed by atoms with Gasteiger partial charge in [-0.1, -0.05) is 24.3 Å². The predicted molar refractivity (Wildman–Crippen MR) is 78.0 cm³/mol. The van der Waals surface area contributed by atoms with Crippen molar-refractivity contribution in [3.8, 4) is 0 Å². The molecule has 2 aromatic rings. The van der Waals surface area contributed by atoms with Crippen LogP contribution in [-0.4, -0.2) is 12.0 Å². The van der Waals surface area contributed by atoms with E-state index in [0.29, 0.717) is 5.92 Å². The molecule has 3 heteroatoms. The lowest BCUT2D eigenvalue weighted by atomic mass is 9.78. The molecule has 1 aliphatic rings. The number of nitrogens with zero attached hydrogens (tertiary/aromatic N) is 1. The van der Waals surface area contributed by atoms with E-state index < -0.39 is 0 Å². The Morgan fingerprint density at radius 1 is 1.25 bits per heavy atom. The molecule has 0 saturated heterocycles. The topological polar surface area (TPSA) is 24.9 Å². The Balaban J connectivity index is 1.87. The van der Waals surface area contributed by atoms with Crippen LogP contribution in [0.4, 0.5) is 4.39 Å². The molecule has 0 spiro atoms. The molecule has 0 fully saturated rings. The molecule has 20 heavy (non-hydrogen) atoms. The Bertz CT molecular complexity index is 597. The quantitative estimate of drug-likeness (QED) is 0.925. The molecule has 1 N–H and O–H groups in total. The van der Waals surface area contributed by atoms with Crippen LogP contribution in [0.25, 0.3) is 0 Å². The summed E-state index contributed by atoms with van der Waals surface area (Å²) in [5.41, 5.74) is 3.57. The van der Waals surface area contributed by atoms with Crippen molar-refractivity contribution in [1.29, 1.82) is 0 Å². The van der Waals surface area contributed by atoms with Gasteiger partial charge in [-0.25, -0.2) is 4.39 Å². The van der Waals surface area contributed by atoms with Crippen molar-refractivity contribution in [2.45, 2.75) is 25.3 Å². The summed E-state index contributed by atoms with van der Waals surface area (Å²) in [6, 6.07) is 10.4. The van der Waals surface area contributed by atoms with E-state index in [1.165, 1.54) is 17.3 Å². The van der Waals surface area contributed by atoms with E-state index in [-0.39, 0.29) is 11.9 Å². The van der Waals surface area contributed by atoms with E-state index in [1.807, 2.05) is 7.05 Å². The molecule has 1 aliphatic carbocycles. The lowest BCUT2D eigenvalue weighted by Crippen LogP contribution is -2.30. The highest BCUT2D eigenvalue weighted by atomic mass is 19.1. The van der Waals surface area contributed by atoms with Crippen LogP contribution in [0.5, 0.6) is 0 Å². The first-order chi connectivity index (χ1) is 9.79. The van der Waals surface area contributed by atoms with Gasteiger partial charge in [0, 0.05) is 17.8 Å². The highest BCUT2D eigenvalue weighted by molar-refractivity contribution is 5.31. The van der Waals surface area contributed by atoms with Gasteiger partial charge in [-0.05, 0) is 49.4 Å². The molecule has 1 aromatic carbocycles. The average Bonchev–Trinajstić information content (AvgIpc) is 2.50. The van der Waals surface area contributed by atoms with Gasteiger partial charge in [0.05, 0.1) is 6.20 Å². The van der Waals surface area contributed by atoms with Crippen molar-refractivity contribution in [3.05, 3.63) is 65.2 Å². The first-order valence-corrected chi connectivity index (χ1v) is 7.13. The number of aromatic nitrogens is 1. The molecule has 0 bridgehead atoms. The van der Waals surface area contributed by atoms with Gasteiger partial charge in [0.2, 0.25) is 0 Å². The number of halogens is 1. The smallest absolute Gasteiger partial charge is 0.146 e. The number of rotatable bonds is 3. The summed E-state index contributed by atoms with van der Waals surface area (Å²) in [6.07, 6.45) is 6.13. The molecule has 0 saturated carbocycles. The molecule has 0 amide bonds. The summed E-state index contributed by atoms with van der Waals surface area (Å²) in [7, 11) is 1.91. The van der Waals surface area contributed by atoms with Crippen LogP contribution in [0.1, 0.15) is 29.2 Å². The lowest BCUT2D eigenvalue weighted by Gasteiger charge is -2.31. The number of hydrogen-bond acceptors (Lipinski definition) is 2. The predicted octanol–water partition coefficient (Wildman–Crippen LogP) is 3.29. The number of hydrogen-bond donors (Lipinski definition) is 1. The molecule has 0 radical (unpaired) electrons. The Morgan fingerprint density at radius 2 is 2.05 bits per heavy atom. The van der Waals surface area contributed by atoms with E-state index >= 15 is 0 Å². The third-order valence-electron chi connectivity index (χ3n) is 4.31. The van der Waals surface area contributed by atoms with Crippen LogP contribution in [-0.2, 0) is 12.8 Å². The maximum absolute atomic E-state index is 14.0. The van der Waals surface area contributed by atoms with Crippen LogP contribution in [0, 0.1) is 11.7 Å². The molecule has 2 nitrogen and oxygen atoms in total. The fourth-order valence-electron chi connectivity index (χ4n) is 3.29. The van der Waals surface area contributed by atoms with E-state index in [1.54, 1.807) is 12.3 Å². The molecular formula is C17H19FN2. The van der Waals surface area contributed by atoms with E-state index in [0.717, 1.165) is 24.8 Å². The van der Waals surface area contributed by atoms with Crippen molar-refractivity contribution in [2.24, 2.45) is 5.92 Å². The van der Waals surface area contributed by atoms with Gasteiger partial charge < -0.3 is 5.32 Å². The fraction of sp³-hybridized carbons (Fsp3) is 0.353. The molecule has 2 unspecified atom stereocenters. The second kappa shape index (κ2) is 5.71. The van der Waals surface area contributed by atoms with Crippen LogP contribution >= 0.6 is 0 Å². The summed E-state index contributed by atoms with van der Waals surface area (Å²) >= 11 is 0. The maximum Gasteiger partial charge on any atom is 0.146 e. The van der Waals surface area contributed by atoms with Crippen molar-refractivity contribution in [3.63, 3.8) is 0 Å². The molecular weight excluding hydrogens is 251 g/mol. The Kier molecular flexibility index (Phi) is 3.79. The van der Waals surface area contributed by atoms with Gasteiger partial charge in [0.15, 0.2) is 0 Å². The van der Waals surface area contributed by atoms with Crippen LogP contribution in [0.15, 0.2) is 42.7 Å². The zero-order chi connectivity index (χ0) is 13.9. The van der Waals surface area contributed by atoms with Crippen molar-refractivity contribution >= 4 is 0 Å². The summed E-state index contributed by atoms with van der Waals surface area (Å²) in [4.78, 5) is 3.84. The molecule has 3 rings (SSSR count). The average molecular weight is 270 g/mol. The van der Waals surface area contributed by atoms with Crippen molar-refractivity contribution < 1.29 is 4.39 Å². The minimum absolute atomic E-state index is 0.0476. The Morgan fingerprint density at radius 3 is 2.80 bits per heavy atom. The molecule has 104 valence electrons. The van der Waals surface area contributed by atoms with Gasteiger partial charge in [0.1, 0.15) is 5.82 Å². The van der Waals surface area contributed by atoms with E-state index in [4.69, 9.17) is 0 Å². The monoisotopic (exact) mass is 270 g/mol. The van der Waals surface area contributed by atoms with Crippen LogP contribution < -0.4 is 5.32 Å². The largest absolute Gasteiger partial charge is 0.313 e. The second-order valence-corrected chi connectivity index (χ2v) is 5.44. The van der Waals surface area contributed by atoms with Gasteiger partial charge >= 0.3 is 0 Å². The molecule has 1 heterocycles. The highest BCUT2D eigenvalue weighted by Crippen LogP contribution is 2.34. The standard InChI is InChI=1S/C17H19FN2/c1-19-17(15-8-9-20-11-16(15)18)14-7-6-12-4-2-3-5-13(12)10-14/h2-5,8-9,11,14,17,19H,6-7,10H2,1H3. The zero-order valence-electron chi connectivity index (χ0n) is 11.6. The zero-order valence-corrected chi connectivity index (χ0v) is 11.6. The number of nitrogens with one attached hydrogen (secondary N) is 1. The van der Waals surface area contributed by atoms with Crippen molar-refractivity contribution in [1.82, 2.24) is 10.3 Å². The SMILES string of the molecule is CNC(c1ccncc1F)C1CCc2ccccc2C1. The number of aryl methyl sites for hydroxylation is 1. The van der Waals surface area contributed by atoms with Gasteiger partial charge in [-0.15, -0.1) is 0 Å². The number of benzene rings is 1. The van der Waals surface area contributed by atoms with Gasteiger partial charge in [0.25, 0.3) is 0 Å². The minimum Gasteiger partial charge on any atom is -0.313 e. The first-order valence-electron chi connectivity index (χ1n) is 7.13. The molecule has 2 atom stereocenters. The minimum atomic E-state index is -0.217. The van der Waals surface area contributed by atoms with Crippen LogP contribution in [0.3, 0.4) is 0 Å². The first kappa shape index (κ1) is 13.3. The maximum atomic E-state index is 14.0. The third kappa shape index (κ3) is 2.46. The van der Waals surface area contributed by atoms with E-state index in [9.17, 15) is 4.39 Å². The molecule has 1 aromatic heterocycles. The third-order valence-corrected chi connectivity index (χ3v) is 4.31. The lowest BCUT2D eigenvalue weighted by molar-refractivity contribution is 0.333. The molecule has 0 aliphatic heterocycles. The highest BCUT2D eigenvalue weighted by Gasteiger charge is 2.27. The normalized spacial score (nSPS) is 19.4. The Hall–Kier alpha value is -1.74. The summed E-state index contributed by atoms with van der Waals surface area (Å²) < 4.78 is 14.0. The van der Waals surface area contributed by atoms with Gasteiger partial charge in [-0.2, -0.15) is 0 Å². The Labute approximate surface area is 119 Å². The van der Waals surface area contributed by atoms with Gasteiger partial charge in [-0.3, -0.25) is 4.98 Å². The van der Waals surface area contributed by atoms with Crippen molar-refractivity contribution in [2.75, 3.05) is 7.05 Å². The van der Waals surface area contributed by atoms with Crippen LogP contribution in [0.2, 0.25) is 0 Å². The summed E-state index contributed by atoms with van der Waals surface area (Å²) in [5, 5.41) is 3.29. The summed E-state index contributed by atoms with van der Waals surface area (Å²) in [5.74, 6) is 0.206. The summed E-state index contributed by atoms with van der Waals surface area (Å²) in [6.45, 7) is 0.